The van der Waals surface area contributed by atoms with E-state index < -0.39 is 0 Å². The first-order chi connectivity index (χ1) is 6.70. The second kappa shape index (κ2) is 3.87. The molecule has 2 fully saturated rings. The summed E-state index contributed by atoms with van der Waals surface area (Å²) >= 11 is 0. The minimum absolute atomic E-state index is 0.0642. The Morgan fingerprint density at radius 2 is 2.07 bits per heavy atom. The first-order valence-corrected chi connectivity index (χ1v) is 5.34. The topological polar surface area (TPSA) is 64.4 Å². The summed E-state index contributed by atoms with van der Waals surface area (Å²) in [7, 11) is 0. The Kier molecular flexibility index (Phi) is 2.74. The Morgan fingerprint density at radius 1 is 1.43 bits per heavy atom. The van der Waals surface area contributed by atoms with Gasteiger partial charge in [-0.2, -0.15) is 0 Å². The minimum atomic E-state index is -0.208. The Balaban J connectivity index is 1.96. The first kappa shape index (κ1) is 9.93. The van der Waals surface area contributed by atoms with Gasteiger partial charge < -0.3 is 15.8 Å². The van der Waals surface area contributed by atoms with Gasteiger partial charge in [-0.05, 0) is 25.7 Å². The predicted octanol–water partition coefficient (Wildman–Crippen LogP) is 0.163. The zero-order valence-electron chi connectivity index (χ0n) is 8.42. The number of hydrogen-bond acceptors (Lipinski definition) is 3. The molecule has 0 aromatic carbocycles. The number of primary amides is 1. The van der Waals surface area contributed by atoms with E-state index in [1.807, 2.05) is 0 Å². The van der Waals surface area contributed by atoms with Crippen LogP contribution >= 0.6 is 0 Å². The molecule has 0 bridgehead atoms. The lowest BCUT2D eigenvalue weighted by atomic mass is 9.86. The third-order valence-electron chi connectivity index (χ3n) is 3.05. The SMILES string of the molecule is NC(=O)CC1(NC2CC2)CCOCC1. The Hall–Kier alpha value is -0.610. The van der Waals surface area contributed by atoms with Gasteiger partial charge in [0.15, 0.2) is 0 Å². The van der Waals surface area contributed by atoms with Gasteiger partial charge in [-0.1, -0.05) is 0 Å². The molecule has 1 aliphatic heterocycles. The minimum Gasteiger partial charge on any atom is -0.381 e. The summed E-state index contributed by atoms with van der Waals surface area (Å²) < 4.78 is 5.32. The van der Waals surface area contributed by atoms with Gasteiger partial charge in [0.25, 0.3) is 0 Å². The quantitative estimate of drug-likeness (QED) is 0.676. The predicted molar refractivity (Wildman–Crippen MR) is 52.8 cm³/mol. The maximum atomic E-state index is 11.0. The number of carbonyl (C=O) groups is 1. The van der Waals surface area contributed by atoms with Crippen molar-refractivity contribution in [3.63, 3.8) is 0 Å². The molecule has 4 nitrogen and oxygen atoms in total. The summed E-state index contributed by atoms with van der Waals surface area (Å²) in [5.74, 6) is -0.208. The zero-order valence-corrected chi connectivity index (χ0v) is 8.42. The third-order valence-corrected chi connectivity index (χ3v) is 3.05. The van der Waals surface area contributed by atoms with Crippen LogP contribution < -0.4 is 11.1 Å². The van der Waals surface area contributed by atoms with Crippen molar-refractivity contribution in [1.82, 2.24) is 5.32 Å². The van der Waals surface area contributed by atoms with Gasteiger partial charge in [-0.15, -0.1) is 0 Å². The van der Waals surface area contributed by atoms with Crippen molar-refractivity contribution in [3.05, 3.63) is 0 Å². The molecule has 0 aromatic heterocycles. The lowest BCUT2D eigenvalue weighted by Gasteiger charge is -2.37. The second-order valence-corrected chi connectivity index (χ2v) is 4.45. The number of rotatable bonds is 4. The van der Waals surface area contributed by atoms with E-state index in [9.17, 15) is 4.79 Å². The number of nitrogens with one attached hydrogen (secondary N) is 1. The van der Waals surface area contributed by atoms with E-state index in [1.54, 1.807) is 0 Å². The van der Waals surface area contributed by atoms with Crippen LogP contribution in [0.15, 0.2) is 0 Å². The van der Waals surface area contributed by atoms with E-state index in [0.717, 1.165) is 26.1 Å². The summed E-state index contributed by atoms with van der Waals surface area (Å²) in [6.07, 6.45) is 4.74. The van der Waals surface area contributed by atoms with E-state index >= 15 is 0 Å². The molecule has 0 atom stereocenters. The van der Waals surface area contributed by atoms with Gasteiger partial charge in [0.05, 0.1) is 0 Å². The number of nitrogens with two attached hydrogens (primary N) is 1. The molecular weight excluding hydrogens is 180 g/mol. The van der Waals surface area contributed by atoms with Gasteiger partial charge in [0.2, 0.25) is 5.91 Å². The molecule has 4 heteroatoms. The monoisotopic (exact) mass is 198 g/mol. The van der Waals surface area contributed by atoms with Gasteiger partial charge in [0, 0.05) is 31.2 Å². The maximum absolute atomic E-state index is 11.0. The van der Waals surface area contributed by atoms with E-state index in [4.69, 9.17) is 10.5 Å². The van der Waals surface area contributed by atoms with Crippen molar-refractivity contribution in [2.45, 2.75) is 43.7 Å². The molecule has 0 aromatic rings. The van der Waals surface area contributed by atoms with Gasteiger partial charge in [-0.25, -0.2) is 0 Å². The molecule has 2 rings (SSSR count). The van der Waals surface area contributed by atoms with Crippen molar-refractivity contribution < 1.29 is 9.53 Å². The summed E-state index contributed by atoms with van der Waals surface area (Å²) in [5, 5.41) is 3.56. The average molecular weight is 198 g/mol. The molecule has 1 saturated heterocycles. The van der Waals surface area contributed by atoms with Crippen LogP contribution in [0.5, 0.6) is 0 Å². The Morgan fingerprint density at radius 3 is 2.57 bits per heavy atom. The third kappa shape index (κ3) is 2.45. The van der Waals surface area contributed by atoms with E-state index in [0.29, 0.717) is 12.5 Å². The first-order valence-electron chi connectivity index (χ1n) is 5.34. The number of ether oxygens (including phenoxy) is 1. The number of carbonyl (C=O) groups excluding carboxylic acids is 1. The van der Waals surface area contributed by atoms with Crippen LogP contribution in [0.2, 0.25) is 0 Å². The molecular formula is C10H18N2O2. The van der Waals surface area contributed by atoms with Crippen molar-refractivity contribution in [2.24, 2.45) is 5.73 Å². The highest BCUT2D eigenvalue weighted by atomic mass is 16.5. The summed E-state index contributed by atoms with van der Waals surface area (Å²) in [6.45, 7) is 1.49. The summed E-state index contributed by atoms with van der Waals surface area (Å²) in [5.41, 5.74) is 5.22. The molecule has 1 saturated carbocycles. The van der Waals surface area contributed by atoms with Crippen molar-refractivity contribution in [1.29, 1.82) is 0 Å². The molecule has 1 amide bonds. The van der Waals surface area contributed by atoms with Crippen LogP contribution in [0, 0.1) is 0 Å². The lowest BCUT2D eigenvalue weighted by molar-refractivity contribution is -0.120. The average Bonchev–Trinajstić information content (AvgIpc) is 2.88. The molecule has 14 heavy (non-hydrogen) atoms. The van der Waals surface area contributed by atoms with Crippen molar-refractivity contribution in [2.75, 3.05) is 13.2 Å². The van der Waals surface area contributed by atoms with Crippen LogP contribution in [-0.2, 0) is 9.53 Å². The molecule has 0 unspecified atom stereocenters. The molecule has 0 radical (unpaired) electrons. The zero-order chi connectivity index (χ0) is 10.0. The van der Waals surface area contributed by atoms with Crippen LogP contribution in [0.1, 0.15) is 32.1 Å². The van der Waals surface area contributed by atoms with Gasteiger partial charge in [-0.3, -0.25) is 4.79 Å². The molecule has 0 spiro atoms. The lowest BCUT2D eigenvalue weighted by Crippen LogP contribution is -2.52. The molecule has 2 aliphatic rings. The molecule has 1 heterocycles. The molecule has 3 N–H and O–H groups in total. The van der Waals surface area contributed by atoms with E-state index in [2.05, 4.69) is 5.32 Å². The van der Waals surface area contributed by atoms with Crippen LogP contribution in [0.4, 0.5) is 0 Å². The smallest absolute Gasteiger partial charge is 0.219 e. The molecule has 1 aliphatic carbocycles. The van der Waals surface area contributed by atoms with E-state index in [-0.39, 0.29) is 11.4 Å². The highest BCUT2D eigenvalue weighted by Gasteiger charge is 2.38. The van der Waals surface area contributed by atoms with Crippen LogP contribution in [0.3, 0.4) is 0 Å². The standard InChI is InChI=1S/C10H18N2O2/c11-9(13)7-10(12-8-1-2-8)3-5-14-6-4-10/h8,12H,1-7H2,(H2,11,13). The number of amides is 1. The van der Waals surface area contributed by atoms with Crippen molar-refractivity contribution in [3.8, 4) is 0 Å². The van der Waals surface area contributed by atoms with Crippen LogP contribution in [0.25, 0.3) is 0 Å². The van der Waals surface area contributed by atoms with Gasteiger partial charge in [0.1, 0.15) is 0 Å². The summed E-state index contributed by atoms with van der Waals surface area (Å²) in [4.78, 5) is 11.0. The second-order valence-electron chi connectivity index (χ2n) is 4.45. The maximum Gasteiger partial charge on any atom is 0.219 e. The highest BCUT2D eigenvalue weighted by molar-refractivity contribution is 5.75. The normalized spacial score (nSPS) is 26.0. The Labute approximate surface area is 84.2 Å². The van der Waals surface area contributed by atoms with Crippen molar-refractivity contribution >= 4 is 5.91 Å². The fraction of sp³-hybridized carbons (Fsp3) is 0.900. The fourth-order valence-electron chi connectivity index (χ4n) is 2.13. The fourth-order valence-corrected chi connectivity index (χ4v) is 2.13. The van der Waals surface area contributed by atoms with Crippen LogP contribution in [-0.4, -0.2) is 30.7 Å². The summed E-state index contributed by atoms with van der Waals surface area (Å²) in [6, 6.07) is 0.618. The van der Waals surface area contributed by atoms with Gasteiger partial charge >= 0.3 is 0 Å². The molecule has 80 valence electrons. The largest absolute Gasteiger partial charge is 0.381 e. The number of hydrogen-bond donors (Lipinski definition) is 2. The van der Waals surface area contributed by atoms with E-state index in [1.165, 1.54) is 12.8 Å². The Bertz CT molecular complexity index is 220. The highest BCUT2D eigenvalue weighted by Crippen LogP contribution is 2.30.